The van der Waals surface area contributed by atoms with E-state index in [-0.39, 0.29) is 0 Å². The molecule has 1 aromatic carbocycles. The summed E-state index contributed by atoms with van der Waals surface area (Å²) in [5, 5.41) is 17.8. The van der Waals surface area contributed by atoms with Crippen LogP contribution in [0.5, 0.6) is 0 Å². The van der Waals surface area contributed by atoms with E-state index >= 15 is 0 Å². The smallest absolute Gasteiger partial charge is 0.339 e. The Morgan fingerprint density at radius 1 is 1.31 bits per heavy atom. The number of hydrogen-bond donors (Lipinski definition) is 2. The maximum absolute atomic E-state index is 11.1. The number of hydrogen-bond acceptors (Lipinski definition) is 4. The van der Waals surface area contributed by atoms with E-state index in [1.54, 1.807) is 24.3 Å². The molecule has 1 aromatic rings. The van der Waals surface area contributed by atoms with Crippen LogP contribution in [-0.4, -0.2) is 22.5 Å². The van der Waals surface area contributed by atoms with E-state index in [1.165, 1.54) is 0 Å². The maximum Gasteiger partial charge on any atom is 0.339 e. The summed E-state index contributed by atoms with van der Waals surface area (Å²) in [6.07, 6.45) is -2.60. The minimum Gasteiger partial charge on any atom is -0.448 e. The minimum absolute atomic E-state index is 0.403. The Morgan fingerprint density at radius 2 is 2.00 bits per heavy atom. The van der Waals surface area contributed by atoms with Gasteiger partial charge in [0.2, 0.25) is 0 Å². The lowest BCUT2D eigenvalue weighted by atomic mass is 10.1. The second kappa shape index (κ2) is 2.83. The second-order valence-electron chi connectivity index (χ2n) is 2.83. The first kappa shape index (κ1) is 8.22. The monoisotopic (exact) mass is 180 g/mol. The molecule has 0 radical (unpaired) electrons. The molecule has 0 saturated carbocycles. The van der Waals surface area contributed by atoms with E-state index in [0.29, 0.717) is 11.1 Å². The Kier molecular flexibility index (Phi) is 1.79. The summed E-state index contributed by atoms with van der Waals surface area (Å²) in [6, 6.07) is 6.66. The van der Waals surface area contributed by atoms with Crippen molar-refractivity contribution in [3.63, 3.8) is 0 Å². The number of aliphatic hydroxyl groups is 2. The SMILES string of the molecule is O=C1OC(C(O)O)c2ccccc21. The van der Waals surface area contributed by atoms with Crippen LogP contribution in [0.3, 0.4) is 0 Å². The molecule has 1 aliphatic rings. The maximum atomic E-state index is 11.1. The average Bonchev–Trinajstić information content (AvgIpc) is 2.45. The molecular weight excluding hydrogens is 172 g/mol. The molecule has 1 aliphatic heterocycles. The third-order valence-electron chi connectivity index (χ3n) is 1.99. The van der Waals surface area contributed by atoms with Gasteiger partial charge >= 0.3 is 5.97 Å². The zero-order valence-electron chi connectivity index (χ0n) is 6.68. The highest BCUT2D eigenvalue weighted by Crippen LogP contribution is 2.31. The molecule has 0 bridgehead atoms. The molecule has 1 atom stereocenters. The number of fused-ring (bicyclic) bond motifs is 1. The lowest BCUT2D eigenvalue weighted by Gasteiger charge is -2.11. The van der Waals surface area contributed by atoms with Gasteiger partial charge in [-0.15, -0.1) is 0 Å². The number of benzene rings is 1. The molecule has 68 valence electrons. The van der Waals surface area contributed by atoms with Gasteiger partial charge in [-0.3, -0.25) is 0 Å². The van der Waals surface area contributed by atoms with E-state index in [0.717, 1.165) is 0 Å². The predicted octanol–water partition coefficient (Wildman–Crippen LogP) is 0.209. The van der Waals surface area contributed by atoms with Crippen molar-refractivity contribution in [1.82, 2.24) is 0 Å². The van der Waals surface area contributed by atoms with Crippen molar-refractivity contribution in [2.45, 2.75) is 12.4 Å². The summed E-state index contributed by atoms with van der Waals surface area (Å²) >= 11 is 0. The molecule has 0 aromatic heterocycles. The topological polar surface area (TPSA) is 66.8 Å². The van der Waals surface area contributed by atoms with Crippen molar-refractivity contribution in [2.24, 2.45) is 0 Å². The van der Waals surface area contributed by atoms with Crippen molar-refractivity contribution in [3.8, 4) is 0 Å². The van der Waals surface area contributed by atoms with Crippen molar-refractivity contribution in [3.05, 3.63) is 35.4 Å². The van der Waals surface area contributed by atoms with Crippen LogP contribution >= 0.6 is 0 Å². The quantitative estimate of drug-likeness (QED) is 0.479. The van der Waals surface area contributed by atoms with Crippen molar-refractivity contribution < 1.29 is 19.7 Å². The first-order valence-corrected chi connectivity index (χ1v) is 3.86. The van der Waals surface area contributed by atoms with Gasteiger partial charge < -0.3 is 14.9 Å². The Balaban J connectivity index is 2.47. The summed E-state index contributed by atoms with van der Waals surface area (Å²) < 4.78 is 4.75. The molecular formula is C9H8O4. The predicted molar refractivity (Wildman–Crippen MR) is 42.8 cm³/mol. The van der Waals surface area contributed by atoms with Gasteiger partial charge in [-0.05, 0) is 6.07 Å². The molecule has 2 N–H and O–H groups in total. The molecule has 0 fully saturated rings. The van der Waals surface area contributed by atoms with Gasteiger partial charge in [0.15, 0.2) is 12.4 Å². The fourth-order valence-electron chi connectivity index (χ4n) is 1.39. The van der Waals surface area contributed by atoms with E-state index in [1.807, 2.05) is 0 Å². The van der Waals surface area contributed by atoms with E-state index < -0.39 is 18.4 Å². The largest absolute Gasteiger partial charge is 0.448 e. The number of rotatable bonds is 1. The van der Waals surface area contributed by atoms with E-state index in [9.17, 15) is 4.79 Å². The molecule has 1 unspecified atom stereocenters. The zero-order chi connectivity index (χ0) is 9.42. The summed E-state index contributed by atoms with van der Waals surface area (Å²) in [5.74, 6) is -0.506. The van der Waals surface area contributed by atoms with Crippen LogP contribution in [0.4, 0.5) is 0 Å². The number of cyclic esters (lactones) is 1. The fraction of sp³-hybridized carbons (Fsp3) is 0.222. The minimum atomic E-state index is -1.66. The Labute approximate surface area is 74.4 Å². The van der Waals surface area contributed by atoms with Gasteiger partial charge in [0.1, 0.15) is 0 Å². The molecule has 0 saturated heterocycles. The van der Waals surface area contributed by atoms with Gasteiger partial charge in [0, 0.05) is 5.56 Å². The number of ether oxygens (including phenoxy) is 1. The van der Waals surface area contributed by atoms with Gasteiger partial charge in [-0.1, -0.05) is 18.2 Å². The van der Waals surface area contributed by atoms with E-state index in [4.69, 9.17) is 14.9 Å². The Morgan fingerprint density at radius 3 is 2.69 bits per heavy atom. The zero-order valence-corrected chi connectivity index (χ0v) is 6.68. The highest BCUT2D eigenvalue weighted by molar-refractivity contribution is 5.94. The fourth-order valence-corrected chi connectivity index (χ4v) is 1.39. The van der Waals surface area contributed by atoms with Crippen LogP contribution < -0.4 is 0 Å². The van der Waals surface area contributed by atoms with Crippen LogP contribution in [0.15, 0.2) is 24.3 Å². The molecule has 0 aliphatic carbocycles. The van der Waals surface area contributed by atoms with Crippen molar-refractivity contribution in [2.75, 3.05) is 0 Å². The third kappa shape index (κ3) is 1.20. The molecule has 13 heavy (non-hydrogen) atoms. The number of esters is 1. The molecule has 1 heterocycles. The Hall–Kier alpha value is -1.39. The highest BCUT2D eigenvalue weighted by Gasteiger charge is 2.34. The van der Waals surface area contributed by atoms with Crippen LogP contribution in [-0.2, 0) is 4.74 Å². The van der Waals surface area contributed by atoms with Crippen LogP contribution in [0.1, 0.15) is 22.0 Å². The first-order chi connectivity index (χ1) is 6.20. The molecule has 0 spiro atoms. The standard InChI is InChI=1S/C9H8O4/c10-8(11)7-5-3-1-2-4-6(5)9(12)13-7/h1-4,7-8,10-11H. The lowest BCUT2D eigenvalue weighted by Crippen LogP contribution is -2.17. The van der Waals surface area contributed by atoms with Gasteiger partial charge in [-0.2, -0.15) is 0 Å². The number of aliphatic hydroxyl groups excluding tert-OH is 1. The first-order valence-electron chi connectivity index (χ1n) is 3.86. The third-order valence-corrected chi connectivity index (χ3v) is 1.99. The normalized spacial score (nSPS) is 20.2. The van der Waals surface area contributed by atoms with Gasteiger partial charge in [0.25, 0.3) is 0 Å². The van der Waals surface area contributed by atoms with Crippen LogP contribution in [0.2, 0.25) is 0 Å². The summed E-state index contributed by atoms with van der Waals surface area (Å²) in [5.41, 5.74) is 0.933. The summed E-state index contributed by atoms with van der Waals surface area (Å²) in [6.45, 7) is 0. The number of carbonyl (C=O) groups excluding carboxylic acids is 1. The molecule has 4 nitrogen and oxygen atoms in total. The van der Waals surface area contributed by atoms with Crippen LogP contribution in [0, 0.1) is 0 Å². The highest BCUT2D eigenvalue weighted by atomic mass is 16.6. The summed E-state index contributed by atoms with van der Waals surface area (Å²) in [7, 11) is 0. The lowest BCUT2D eigenvalue weighted by molar-refractivity contribution is -0.123. The van der Waals surface area contributed by atoms with Crippen molar-refractivity contribution >= 4 is 5.97 Å². The van der Waals surface area contributed by atoms with Crippen LogP contribution in [0.25, 0.3) is 0 Å². The number of carbonyl (C=O) groups is 1. The second-order valence-corrected chi connectivity index (χ2v) is 2.83. The molecule has 2 rings (SSSR count). The van der Waals surface area contributed by atoms with Gasteiger partial charge in [-0.25, -0.2) is 4.79 Å². The van der Waals surface area contributed by atoms with E-state index in [2.05, 4.69) is 0 Å². The molecule has 0 amide bonds. The summed E-state index contributed by atoms with van der Waals surface area (Å²) in [4.78, 5) is 11.1. The molecule has 4 heteroatoms. The van der Waals surface area contributed by atoms with Gasteiger partial charge in [0.05, 0.1) is 5.56 Å². The average molecular weight is 180 g/mol. The Bertz CT molecular complexity index is 345. The van der Waals surface area contributed by atoms with Crippen molar-refractivity contribution in [1.29, 1.82) is 0 Å².